The molecule has 0 atom stereocenters. The summed E-state index contributed by atoms with van der Waals surface area (Å²) in [6, 6.07) is 12.8. The van der Waals surface area contributed by atoms with Crippen LogP contribution in [0, 0.1) is 6.92 Å². The number of ether oxygens (including phenoxy) is 2. The first kappa shape index (κ1) is 22.9. The molecule has 1 heterocycles. The smallest absolute Gasteiger partial charge is 0.344 e. The first-order valence-corrected chi connectivity index (χ1v) is 10.7. The number of hydrogen-bond acceptors (Lipinski definition) is 6. The average Bonchev–Trinajstić information content (AvgIpc) is 2.78. The number of piperazine rings is 1. The van der Waals surface area contributed by atoms with Gasteiger partial charge in [0.05, 0.1) is 0 Å². The third kappa shape index (κ3) is 6.87. The predicted molar refractivity (Wildman–Crippen MR) is 122 cm³/mol. The fraction of sp³-hybridized carbons (Fsp3) is 0.391. The van der Waals surface area contributed by atoms with Crippen LogP contribution in [-0.2, 0) is 14.3 Å². The molecule has 2 aromatic carbocycles. The van der Waals surface area contributed by atoms with Gasteiger partial charge in [-0.05, 0) is 61.5 Å². The van der Waals surface area contributed by atoms with Gasteiger partial charge < -0.3 is 24.6 Å². The summed E-state index contributed by atoms with van der Waals surface area (Å²) in [5, 5.41) is 3.33. The number of benzene rings is 2. The highest BCUT2D eigenvalue weighted by atomic mass is 35.5. The molecular formula is C23H28ClN3O4. The molecule has 166 valence electrons. The third-order valence-corrected chi connectivity index (χ3v) is 5.42. The van der Waals surface area contributed by atoms with Gasteiger partial charge in [0, 0.05) is 42.6 Å². The summed E-state index contributed by atoms with van der Waals surface area (Å²) in [7, 11) is 0. The van der Waals surface area contributed by atoms with Crippen molar-refractivity contribution < 1.29 is 19.1 Å². The molecule has 0 spiro atoms. The van der Waals surface area contributed by atoms with Gasteiger partial charge in [0.15, 0.2) is 13.2 Å². The number of carbonyl (C=O) groups excluding carboxylic acids is 2. The maximum absolute atomic E-state index is 12.1. The Balaban J connectivity index is 1.39. The van der Waals surface area contributed by atoms with Crippen LogP contribution >= 0.6 is 11.6 Å². The van der Waals surface area contributed by atoms with Gasteiger partial charge in [0.25, 0.3) is 5.91 Å². The molecule has 1 aliphatic rings. The Hall–Kier alpha value is -2.77. The fourth-order valence-electron chi connectivity index (χ4n) is 3.37. The Morgan fingerprint density at radius 3 is 2.39 bits per heavy atom. The summed E-state index contributed by atoms with van der Waals surface area (Å²) >= 11 is 5.89. The van der Waals surface area contributed by atoms with Crippen LogP contribution < -0.4 is 15.0 Å². The van der Waals surface area contributed by atoms with Crippen LogP contribution in [0.3, 0.4) is 0 Å². The number of rotatable bonds is 8. The monoisotopic (exact) mass is 445 g/mol. The number of halogens is 1. The quantitative estimate of drug-likeness (QED) is 0.628. The Morgan fingerprint density at radius 2 is 1.74 bits per heavy atom. The van der Waals surface area contributed by atoms with Crippen LogP contribution in [0.25, 0.3) is 0 Å². The van der Waals surface area contributed by atoms with Crippen molar-refractivity contribution in [3.63, 3.8) is 0 Å². The van der Waals surface area contributed by atoms with Crippen molar-refractivity contribution in [2.75, 3.05) is 56.2 Å². The fourth-order valence-corrected chi connectivity index (χ4v) is 3.60. The summed E-state index contributed by atoms with van der Waals surface area (Å²) in [5.74, 6) is -0.478. The number of nitrogens with zero attached hydrogens (tertiary/aromatic N) is 2. The maximum atomic E-state index is 12.1. The second-order valence-corrected chi connectivity index (χ2v) is 7.81. The Bertz CT molecular complexity index is 896. The van der Waals surface area contributed by atoms with Crippen molar-refractivity contribution in [3.05, 3.63) is 53.1 Å². The Morgan fingerprint density at radius 1 is 1.03 bits per heavy atom. The van der Waals surface area contributed by atoms with Crippen molar-refractivity contribution >= 4 is 34.9 Å². The van der Waals surface area contributed by atoms with Gasteiger partial charge in [0.2, 0.25) is 0 Å². The van der Waals surface area contributed by atoms with E-state index in [-0.39, 0.29) is 13.2 Å². The standard InChI is InChI=1S/C23H28ClN3O4/c1-3-26-10-12-27(13-11-26)20-7-5-19(6-8-20)25-22(28)15-31-23(29)16-30-21-9-4-18(24)14-17(21)2/h4-9,14H,3,10-13,15-16H2,1-2H3,(H,25,28). The SMILES string of the molecule is CCN1CCN(c2ccc(NC(=O)COC(=O)COc3ccc(Cl)cc3C)cc2)CC1. The highest BCUT2D eigenvalue weighted by molar-refractivity contribution is 6.30. The van der Waals surface area contributed by atoms with Gasteiger partial charge in [-0.1, -0.05) is 18.5 Å². The minimum absolute atomic E-state index is 0.282. The minimum Gasteiger partial charge on any atom is -0.482 e. The molecule has 1 amide bonds. The van der Waals surface area contributed by atoms with Crippen molar-refractivity contribution in [2.24, 2.45) is 0 Å². The summed E-state index contributed by atoms with van der Waals surface area (Å²) in [5.41, 5.74) is 2.61. The lowest BCUT2D eigenvalue weighted by molar-refractivity contribution is -0.149. The number of anilines is 2. The molecule has 31 heavy (non-hydrogen) atoms. The van der Waals surface area contributed by atoms with E-state index < -0.39 is 11.9 Å². The number of esters is 1. The summed E-state index contributed by atoms with van der Waals surface area (Å²) < 4.78 is 10.4. The van der Waals surface area contributed by atoms with E-state index in [0.717, 1.165) is 44.0 Å². The molecule has 0 radical (unpaired) electrons. The number of nitrogens with one attached hydrogen (secondary N) is 1. The molecule has 1 saturated heterocycles. The van der Waals surface area contributed by atoms with E-state index >= 15 is 0 Å². The Kier molecular flexibility index (Phi) is 8.14. The van der Waals surface area contributed by atoms with E-state index in [9.17, 15) is 9.59 Å². The average molecular weight is 446 g/mol. The second-order valence-electron chi connectivity index (χ2n) is 7.38. The summed E-state index contributed by atoms with van der Waals surface area (Å²) in [6.07, 6.45) is 0. The lowest BCUT2D eigenvalue weighted by atomic mass is 10.2. The molecule has 1 aliphatic heterocycles. The molecule has 0 saturated carbocycles. The van der Waals surface area contributed by atoms with E-state index in [0.29, 0.717) is 16.5 Å². The topological polar surface area (TPSA) is 71.1 Å². The van der Waals surface area contributed by atoms with Gasteiger partial charge in [-0.2, -0.15) is 0 Å². The maximum Gasteiger partial charge on any atom is 0.344 e. The molecule has 0 unspecified atom stereocenters. The van der Waals surface area contributed by atoms with Crippen LogP contribution in [0.1, 0.15) is 12.5 Å². The molecule has 0 bridgehead atoms. The zero-order chi connectivity index (χ0) is 22.2. The lowest BCUT2D eigenvalue weighted by Gasteiger charge is -2.35. The number of hydrogen-bond donors (Lipinski definition) is 1. The number of likely N-dealkylation sites (N-methyl/N-ethyl adjacent to an activating group) is 1. The molecule has 8 heteroatoms. The van der Waals surface area contributed by atoms with Crippen LogP contribution in [0.2, 0.25) is 5.02 Å². The number of carbonyl (C=O) groups is 2. The largest absolute Gasteiger partial charge is 0.482 e. The highest BCUT2D eigenvalue weighted by Gasteiger charge is 2.16. The number of aryl methyl sites for hydroxylation is 1. The van der Waals surface area contributed by atoms with Gasteiger partial charge in [0.1, 0.15) is 5.75 Å². The van der Waals surface area contributed by atoms with Crippen LogP contribution in [0.15, 0.2) is 42.5 Å². The first-order valence-electron chi connectivity index (χ1n) is 10.4. The second kappa shape index (κ2) is 11.0. The zero-order valence-electron chi connectivity index (χ0n) is 17.9. The minimum atomic E-state index is -0.619. The molecule has 2 aromatic rings. The Labute approximate surface area is 187 Å². The normalized spacial score (nSPS) is 14.2. The number of amides is 1. The third-order valence-electron chi connectivity index (χ3n) is 5.18. The van der Waals surface area contributed by atoms with E-state index in [1.54, 1.807) is 18.2 Å². The molecule has 1 N–H and O–H groups in total. The molecule has 3 rings (SSSR count). The molecule has 0 aliphatic carbocycles. The van der Waals surface area contributed by atoms with Crippen LogP contribution in [0.4, 0.5) is 11.4 Å². The van der Waals surface area contributed by atoms with E-state index in [2.05, 4.69) is 22.0 Å². The molecular weight excluding hydrogens is 418 g/mol. The van der Waals surface area contributed by atoms with E-state index in [1.807, 2.05) is 31.2 Å². The molecule has 7 nitrogen and oxygen atoms in total. The van der Waals surface area contributed by atoms with Crippen molar-refractivity contribution in [1.29, 1.82) is 0 Å². The molecule has 1 fully saturated rings. The van der Waals surface area contributed by atoms with E-state index in [4.69, 9.17) is 21.1 Å². The van der Waals surface area contributed by atoms with Crippen LogP contribution in [-0.4, -0.2) is 62.7 Å². The predicted octanol–water partition coefficient (Wildman–Crippen LogP) is 3.35. The van der Waals surface area contributed by atoms with Crippen LogP contribution in [0.5, 0.6) is 5.75 Å². The van der Waals surface area contributed by atoms with Gasteiger partial charge in [-0.3, -0.25) is 4.79 Å². The van der Waals surface area contributed by atoms with Gasteiger partial charge in [-0.25, -0.2) is 4.79 Å². The first-order chi connectivity index (χ1) is 14.9. The van der Waals surface area contributed by atoms with Crippen molar-refractivity contribution in [1.82, 2.24) is 4.90 Å². The van der Waals surface area contributed by atoms with Gasteiger partial charge >= 0.3 is 5.97 Å². The van der Waals surface area contributed by atoms with Crippen molar-refractivity contribution in [3.8, 4) is 5.75 Å². The summed E-state index contributed by atoms with van der Waals surface area (Å²) in [6.45, 7) is 8.53. The highest BCUT2D eigenvalue weighted by Crippen LogP contribution is 2.22. The molecule has 0 aromatic heterocycles. The zero-order valence-corrected chi connectivity index (χ0v) is 18.7. The van der Waals surface area contributed by atoms with Crippen molar-refractivity contribution in [2.45, 2.75) is 13.8 Å². The van der Waals surface area contributed by atoms with Gasteiger partial charge in [-0.15, -0.1) is 0 Å². The summed E-state index contributed by atoms with van der Waals surface area (Å²) in [4.78, 5) is 28.7. The lowest BCUT2D eigenvalue weighted by Crippen LogP contribution is -2.46. The van der Waals surface area contributed by atoms with E-state index in [1.165, 1.54) is 0 Å².